The first kappa shape index (κ1) is 15.4. The second-order valence-electron chi connectivity index (χ2n) is 3.22. The van der Waals surface area contributed by atoms with Crippen LogP contribution in [-0.4, -0.2) is 23.5 Å². The Hall–Kier alpha value is 0.350. The molecule has 1 aromatic carbocycles. The van der Waals surface area contributed by atoms with Crippen molar-refractivity contribution in [3.8, 4) is 0 Å². The first-order valence-corrected chi connectivity index (χ1v) is 7.71. The van der Waals surface area contributed by atoms with Crippen LogP contribution >= 0.6 is 67.8 Å². The molecule has 0 spiro atoms. The lowest BCUT2D eigenvalue weighted by atomic mass is 10.3. The van der Waals surface area contributed by atoms with Gasteiger partial charge in [0.05, 0.1) is 5.69 Å². The minimum Gasteiger partial charge on any atom is -0.480 e. The molecule has 0 radical (unpaired) electrons. The normalized spacial score (nSPS) is 10.1. The van der Waals surface area contributed by atoms with Crippen LogP contribution in [-0.2, 0) is 9.59 Å². The van der Waals surface area contributed by atoms with Crippen molar-refractivity contribution in [2.75, 3.05) is 11.4 Å². The van der Waals surface area contributed by atoms with Crippen molar-refractivity contribution in [1.82, 2.24) is 0 Å². The number of amides is 1. The monoisotopic (exact) mass is 571 g/mol. The van der Waals surface area contributed by atoms with Crippen molar-refractivity contribution in [1.29, 1.82) is 0 Å². The lowest BCUT2D eigenvalue weighted by Crippen LogP contribution is -2.35. The van der Waals surface area contributed by atoms with Crippen LogP contribution in [0.25, 0.3) is 0 Å². The van der Waals surface area contributed by atoms with Crippen LogP contribution < -0.4 is 4.90 Å². The predicted molar refractivity (Wildman–Crippen MR) is 90.3 cm³/mol. The van der Waals surface area contributed by atoms with Crippen molar-refractivity contribution < 1.29 is 14.7 Å². The molecule has 1 amide bonds. The summed E-state index contributed by atoms with van der Waals surface area (Å²) in [6.45, 7) is 1.05. The fourth-order valence-electron chi connectivity index (χ4n) is 1.28. The molecule has 0 heterocycles. The van der Waals surface area contributed by atoms with E-state index in [1.807, 2.05) is 12.1 Å². The fourth-order valence-corrected chi connectivity index (χ4v) is 5.44. The van der Waals surface area contributed by atoms with Crippen molar-refractivity contribution in [2.24, 2.45) is 0 Å². The maximum Gasteiger partial charge on any atom is 0.323 e. The average molecular weight is 571 g/mol. The lowest BCUT2D eigenvalue weighted by Gasteiger charge is -2.22. The molecule has 0 bridgehead atoms. The summed E-state index contributed by atoms with van der Waals surface area (Å²) >= 11 is 6.41. The van der Waals surface area contributed by atoms with Crippen molar-refractivity contribution >= 4 is 85.3 Å². The summed E-state index contributed by atoms with van der Waals surface area (Å²) < 4.78 is 2.80. The number of halogens is 3. The summed E-state index contributed by atoms with van der Waals surface area (Å²) in [6.07, 6.45) is 0. The predicted octanol–water partition coefficient (Wildman–Crippen LogP) is 2.94. The highest BCUT2D eigenvalue weighted by Crippen LogP contribution is 2.30. The smallest absolute Gasteiger partial charge is 0.323 e. The number of anilines is 1. The number of carboxylic acid groups (broad SMARTS) is 1. The van der Waals surface area contributed by atoms with Gasteiger partial charge in [0.1, 0.15) is 6.54 Å². The standard InChI is InChI=1S/C10H8I3NO3/c1-5(15)14(4-9(16)17)10-7(12)2-6(11)3-8(10)13/h2-3H,4H2,1H3,(H,16,17). The zero-order chi connectivity index (χ0) is 13.2. The molecule has 0 aliphatic rings. The first-order valence-electron chi connectivity index (χ1n) is 4.47. The van der Waals surface area contributed by atoms with E-state index >= 15 is 0 Å². The Morgan fingerprint density at radius 1 is 1.24 bits per heavy atom. The fraction of sp³-hybridized carbons (Fsp3) is 0.200. The minimum absolute atomic E-state index is 0.274. The van der Waals surface area contributed by atoms with E-state index in [2.05, 4.69) is 67.8 Å². The Morgan fingerprint density at radius 3 is 2.06 bits per heavy atom. The third kappa shape index (κ3) is 4.19. The number of rotatable bonds is 3. The van der Waals surface area contributed by atoms with Crippen LogP contribution in [0.3, 0.4) is 0 Å². The average Bonchev–Trinajstić information content (AvgIpc) is 2.13. The van der Waals surface area contributed by atoms with E-state index in [1.165, 1.54) is 11.8 Å². The molecule has 0 fully saturated rings. The SMILES string of the molecule is CC(=O)N(CC(=O)O)c1c(I)cc(I)cc1I. The van der Waals surface area contributed by atoms with Gasteiger partial charge in [0.2, 0.25) is 5.91 Å². The Labute approximate surface area is 140 Å². The van der Waals surface area contributed by atoms with Crippen LogP contribution in [0.5, 0.6) is 0 Å². The summed E-state index contributed by atoms with van der Waals surface area (Å²) in [5, 5.41) is 8.83. The molecule has 0 saturated carbocycles. The second kappa shape index (κ2) is 6.50. The van der Waals surface area contributed by atoms with E-state index < -0.39 is 5.97 Å². The van der Waals surface area contributed by atoms with Crippen LogP contribution in [0.15, 0.2) is 12.1 Å². The summed E-state index contributed by atoms with van der Waals surface area (Å²) in [7, 11) is 0. The highest BCUT2D eigenvalue weighted by atomic mass is 127. The van der Waals surface area contributed by atoms with Crippen molar-refractivity contribution in [2.45, 2.75) is 6.92 Å². The topological polar surface area (TPSA) is 57.6 Å². The molecule has 1 rings (SSSR count). The zero-order valence-corrected chi connectivity index (χ0v) is 15.2. The van der Waals surface area contributed by atoms with Gasteiger partial charge in [0.25, 0.3) is 0 Å². The molecule has 0 aromatic heterocycles. The first-order chi connectivity index (χ1) is 7.82. The van der Waals surface area contributed by atoms with Gasteiger partial charge in [-0.05, 0) is 79.9 Å². The molecule has 7 heteroatoms. The molecule has 4 nitrogen and oxygen atoms in total. The minimum atomic E-state index is -1.02. The number of carboxylic acids is 1. The van der Waals surface area contributed by atoms with E-state index in [1.54, 1.807) is 0 Å². The number of hydrogen-bond acceptors (Lipinski definition) is 2. The van der Waals surface area contributed by atoms with Crippen LogP contribution in [0, 0.1) is 10.7 Å². The van der Waals surface area contributed by atoms with Gasteiger partial charge in [-0.15, -0.1) is 0 Å². The van der Waals surface area contributed by atoms with Gasteiger partial charge in [0.15, 0.2) is 0 Å². The van der Waals surface area contributed by atoms with E-state index in [0.29, 0.717) is 5.69 Å². The summed E-state index contributed by atoms with van der Waals surface area (Å²) in [4.78, 5) is 23.6. The third-order valence-electron chi connectivity index (χ3n) is 1.93. The lowest BCUT2D eigenvalue weighted by molar-refractivity contribution is -0.136. The van der Waals surface area contributed by atoms with Crippen molar-refractivity contribution in [3.05, 3.63) is 22.8 Å². The van der Waals surface area contributed by atoms with Crippen LogP contribution in [0.2, 0.25) is 0 Å². The van der Waals surface area contributed by atoms with Crippen molar-refractivity contribution in [3.63, 3.8) is 0 Å². The maximum absolute atomic E-state index is 11.5. The Bertz CT molecular complexity index is 453. The highest BCUT2D eigenvalue weighted by molar-refractivity contribution is 14.1. The molecular weight excluding hydrogens is 563 g/mol. The van der Waals surface area contributed by atoms with Gasteiger partial charge < -0.3 is 5.11 Å². The van der Waals surface area contributed by atoms with Crippen LogP contribution in [0.4, 0.5) is 5.69 Å². The van der Waals surface area contributed by atoms with Crippen LogP contribution in [0.1, 0.15) is 6.92 Å². The van der Waals surface area contributed by atoms with E-state index in [4.69, 9.17) is 5.11 Å². The number of hydrogen-bond donors (Lipinski definition) is 1. The Kier molecular flexibility index (Phi) is 5.89. The van der Waals surface area contributed by atoms with Gasteiger partial charge >= 0.3 is 5.97 Å². The molecule has 1 N–H and O–H groups in total. The van der Waals surface area contributed by atoms with Gasteiger partial charge in [-0.1, -0.05) is 0 Å². The Balaban J connectivity index is 3.28. The van der Waals surface area contributed by atoms with E-state index in [0.717, 1.165) is 10.7 Å². The quantitative estimate of drug-likeness (QED) is 0.569. The molecular formula is C10H8I3NO3. The summed E-state index contributed by atoms with van der Waals surface area (Å²) in [6, 6.07) is 3.83. The van der Waals surface area contributed by atoms with Gasteiger partial charge in [0, 0.05) is 17.6 Å². The summed E-state index contributed by atoms with van der Waals surface area (Å²) in [5.74, 6) is -1.30. The maximum atomic E-state index is 11.5. The highest BCUT2D eigenvalue weighted by Gasteiger charge is 2.20. The number of nitrogens with zero attached hydrogens (tertiary/aromatic N) is 1. The number of benzene rings is 1. The van der Waals surface area contributed by atoms with E-state index in [9.17, 15) is 9.59 Å². The largest absolute Gasteiger partial charge is 0.480 e. The summed E-state index contributed by atoms with van der Waals surface area (Å²) in [5.41, 5.74) is 0.668. The molecule has 1 aromatic rings. The molecule has 0 atom stereocenters. The third-order valence-corrected chi connectivity index (χ3v) is 4.19. The van der Waals surface area contributed by atoms with E-state index in [-0.39, 0.29) is 12.5 Å². The Morgan fingerprint density at radius 2 is 1.71 bits per heavy atom. The molecule has 0 aliphatic heterocycles. The second-order valence-corrected chi connectivity index (χ2v) is 6.79. The molecule has 0 saturated heterocycles. The van der Waals surface area contributed by atoms with Gasteiger partial charge in [-0.25, -0.2) is 0 Å². The van der Waals surface area contributed by atoms with Gasteiger partial charge in [-0.2, -0.15) is 0 Å². The molecule has 0 unspecified atom stereocenters. The number of carbonyl (C=O) groups excluding carboxylic acids is 1. The molecule has 17 heavy (non-hydrogen) atoms. The molecule has 92 valence electrons. The zero-order valence-electron chi connectivity index (χ0n) is 8.71. The molecule has 0 aliphatic carbocycles. The van der Waals surface area contributed by atoms with Gasteiger partial charge in [-0.3, -0.25) is 14.5 Å². The number of aliphatic carboxylic acids is 1. The number of carbonyl (C=O) groups is 2.